The molecule has 2 heterocycles. The highest BCUT2D eigenvalue weighted by Gasteiger charge is 2.38. The van der Waals surface area contributed by atoms with Gasteiger partial charge in [-0.15, -0.1) is 0 Å². The van der Waals surface area contributed by atoms with Gasteiger partial charge in [-0.25, -0.2) is 0 Å². The summed E-state index contributed by atoms with van der Waals surface area (Å²) in [7, 11) is 0. The van der Waals surface area contributed by atoms with Crippen LogP contribution in [0.15, 0.2) is 0 Å². The summed E-state index contributed by atoms with van der Waals surface area (Å²) in [6.07, 6.45) is 6.22. The molecule has 0 aromatic carbocycles. The first-order valence-corrected chi connectivity index (χ1v) is 8.58. The summed E-state index contributed by atoms with van der Waals surface area (Å²) in [6.45, 7) is 1.81. The molecule has 2 rings (SSSR count). The molecule has 0 bridgehead atoms. The normalized spacial score (nSPS) is 29.4. The minimum atomic E-state index is 0.254. The Bertz CT molecular complexity index is 202. The van der Waals surface area contributed by atoms with Gasteiger partial charge < -0.3 is 10.5 Å². The summed E-state index contributed by atoms with van der Waals surface area (Å²) < 4.78 is 6.09. The maximum Gasteiger partial charge on any atom is 0.0708 e. The number of nitrogens with two attached hydrogens (primary N) is 1. The van der Waals surface area contributed by atoms with Gasteiger partial charge >= 0.3 is 0 Å². The molecular weight excluding hydrogens is 238 g/mol. The van der Waals surface area contributed by atoms with E-state index in [0.29, 0.717) is 0 Å². The van der Waals surface area contributed by atoms with Crippen LogP contribution in [0.3, 0.4) is 0 Å². The fraction of sp³-hybridized carbons (Fsp3) is 1.00. The van der Waals surface area contributed by atoms with Gasteiger partial charge in [0, 0.05) is 11.9 Å². The third-order valence-corrected chi connectivity index (χ3v) is 5.94. The second kappa shape index (κ2) is 6.53. The Balaban J connectivity index is 1.78. The van der Waals surface area contributed by atoms with Gasteiger partial charge in [-0.05, 0) is 55.9 Å². The average molecular weight is 261 g/mol. The first kappa shape index (κ1) is 13.1. The van der Waals surface area contributed by atoms with Gasteiger partial charge in [0.15, 0.2) is 0 Å². The van der Waals surface area contributed by atoms with Gasteiger partial charge in [0.1, 0.15) is 0 Å². The van der Waals surface area contributed by atoms with Crippen LogP contribution in [0.1, 0.15) is 32.1 Å². The lowest BCUT2D eigenvalue weighted by molar-refractivity contribution is -0.0804. The molecule has 4 heteroatoms. The maximum absolute atomic E-state index is 6.09. The van der Waals surface area contributed by atoms with E-state index in [1.54, 1.807) is 0 Å². The molecule has 0 aromatic rings. The van der Waals surface area contributed by atoms with E-state index in [-0.39, 0.29) is 5.60 Å². The molecule has 1 atom stereocenters. The van der Waals surface area contributed by atoms with Crippen molar-refractivity contribution in [2.24, 2.45) is 5.73 Å². The Morgan fingerprint density at radius 3 is 2.94 bits per heavy atom. The molecule has 2 N–H and O–H groups in total. The maximum atomic E-state index is 6.09. The van der Waals surface area contributed by atoms with Crippen LogP contribution in [0.5, 0.6) is 0 Å². The van der Waals surface area contributed by atoms with Crippen molar-refractivity contribution < 1.29 is 4.74 Å². The average Bonchev–Trinajstić information content (AvgIpc) is 2.31. The number of hydrogen-bond donors (Lipinski definition) is 1. The molecular formula is C12H23NOS2. The Morgan fingerprint density at radius 2 is 2.19 bits per heavy atom. The van der Waals surface area contributed by atoms with E-state index in [0.717, 1.165) is 24.8 Å². The molecule has 2 saturated heterocycles. The molecule has 2 aliphatic heterocycles. The SMILES string of the molecule is NCCCSC1CCOC2(CCSCC2)C1. The van der Waals surface area contributed by atoms with Crippen molar-refractivity contribution in [2.75, 3.05) is 30.4 Å². The Kier molecular flexibility index (Phi) is 5.33. The van der Waals surface area contributed by atoms with Gasteiger partial charge in [0.25, 0.3) is 0 Å². The number of rotatable bonds is 4. The van der Waals surface area contributed by atoms with Crippen molar-refractivity contribution in [2.45, 2.75) is 43.0 Å². The molecule has 0 saturated carbocycles. The van der Waals surface area contributed by atoms with Crippen molar-refractivity contribution in [1.29, 1.82) is 0 Å². The lowest BCUT2D eigenvalue weighted by Crippen LogP contribution is -2.43. The highest BCUT2D eigenvalue weighted by Crippen LogP contribution is 2.40. The molecule has 0 radical (unpaired) electrons. The summed E-state index contributed by atoms with van der Waals surface area (Å²) >= 11 is 4.20. The monoisotopic (exact) mass is 261 g/mol. The standard InChI is InChI=1S/C12H23NOS2/c13-5-1-7-16-11-2-6-14-12(10-11)3-8-15-9-4-12/h11H,1-10,13H2. The third-order valence-electron chi connectivity index (χ3n) is 3.55. The molecule has 94 valence electrons. The topological polar surface area (TPSA) is 35.2 Å². The van der Waals surface area contributed by atoms with Crippen molar-refractivity contribution in [3.05, 3.63) is 0 Å². The van der Waals surface area contributed by atoms with E-state index in [4.69, 9.17) is 10.5 Å². The summed E-state index contributed by atoms with van der Waals surface area (Å²) in [6, 6.07) is 0. The highest BCUT2D eigenvalue weighted by molar-refractivity contribution is 8.00. The van der Waals surface area contributed by atoms with Crippen LogP contribution in [-0.4, -0.2) is 41.3 Å². The summed E-state index contributed by atoms with van der Waals surface area (Å²) in [5, 5.41) is 0.823. The molecule has 16 heavy (non-hydrogen) atoms. The van der Waals surface area contributed by atoms with Gasteiger partial charge in [-0.2, -0.15) is 23.5 Å². The number of hydrogen-bond acceptors (Lipinski definition) is 4. The molecule has 2 aliphatic rings. The lowest BCUT2D eigenvalue weighted by Gasteiger charge is -2.43. The van der Waals surface area contributed by atoms with Crippen LogP contribution in [0, 0.1) is 0 Å². The number of ether oxygens (including phenoxy) is 1. The van der Waals surface area contributed by atoms with Crippen LogP contribution < -0.4 is 5.73 Å². The van der Waals surface area contributed by atoms with Gasteiger partial charge in [0.05, 0.1) is 5.60 Å². The largest absolute Gasteiger partial charge is 0.375 e. The Labute approximate surface area is 107 Å². The Morgan fingerprint density at radius 1 is 1.38 bits per heavy atom. The molecule has 1 unspecified atom stereocenters. The van der Waals surface area contributed by atoms with Crippen LogP contribution in [0.4, 0.5) is 0 Å². The van der Waals surface area contributed by atoms with E-state index < -0.39 is 0 Å². The second-order valence-electron chi connectivity index (χ2n) is 4.77. The minimum absolute atomic E-state index is 0.254. The van der Waals surface area contributed by atoms with E-state index in [2.05, 4.69) is 23.5 Å². The number of thioether (sulfide) groups is 2. The first-order valence-electron chi connectivity index (χ1n) is 6.38. The van der Waals surface area contributed by atoms with Gasteiger partial charge in [-0.3, -0.25) is 0 Å². The van der Waals surface area contributed by atoms with Crippen molar-refractivity contribution >= 4 is 23.5 Å². The minimum Gasteiger partial charge on any atom is -0.375 e. The molecule has 0 amide bonds. The molecule has 0 aromatic heterocycles. The van der Waals surface area contributed by atoms with Crippen LogP contribution in [-0.2, 0) is 4.74 Å². The predicted octanol–water partition coefficient (Wildman–Crippen LogP) is 2.51. The fourth-order valence-electron chi connectivity index (χ4n) is 2.55. The van der Waals surface area contributed by atoms with Crippen LogP contribution >= 0.6 is 23.5 Å². The lowest BCUT2D eigenvalue weighted by atomic mass is 9.88. The van der Waals surface area contributed by atoms with E-state index >= 15 is 0 Å². The second-order valence-corrected chi connectivity index (χ2v) is 7.40. The zero-order valence-electron chi connectivity index (χ0n) is 9.95. The zero-order chi connectivity index (χ0) is 11.3. The first-order chi connectivity index (χ1) is 7.85. The van der Waals surface area contributed by atoms with E-state index in [9.17, 15) is 0 Å². The molecule has 0 aliphatic carbocycles. The summed E-state index contributed by atoms with van der Waals surface area (Å²) in [4.78, 5) is 0. The molecule has 2 nitrogen and oxygen atoms in total. The van der Waals surface area contributed by atoms with Crippen molar-refractivity contribution in [3.63, 3.8) is 0 Å². The smallest absolute Gasteiger partial charge is 0.0708 e. The summed E-state index contributed by atoms with van der Waals surface area (Å²) in [5.41, 5.74) is 5.79. The van der Waals surface area contributed by atoms with Crippen LogP contribution in [0.25, 0.3) is 0 Å². The Hall–Kier alpha value is 0.620. The van der Waals surface area contributed by atoms with E-state index in [1.807, 2.05) is 0 Å². The predicted molar refractivity (Wildman–Crippen MR) is 74.4 cm³/mol. The van der Waals surface area contributed by atoms with Gasteiger partial charge in [0.2, 0.25) is 0 Å². The third kappa shape index (κ3) is 3.56. The van der Waals surface area contributed by atoms with Crippen molar-refractivity contribution in [3.8, 4) is 0 Å². The van der Waals surface area contributed by atoms with Gasteiger partial charge in [-0.1, -0.05) is 0 Å². The van der Waals surface area contributed by atoms with E-state index in [1.165, 1.54) is 42.9 Å². The highest BCUT2D eigenvalue weighted by atomic mass is 32.2. The quantitative estimate of drug-likeness (QED) is 0.789. The summed E-state index contributed by atoms with van der Waals surface area (Å²) in [5.74, 6) is 3.81. The zero-order valence-corrected chi connectivity index (χ0v) is 11.6. The molecule has 1 spiro atoms. The molecule has 2 fully saturated rings. The van der Waals surface area contributed by atoms with Crippen LogP contribution in [0.2, 0.25) is 0 Å². The van der Waals surface area contributed by atoms with Crippen molar-refractivity contribution in [1.82, 2.24) is 0 Å². The fourth-order valence-corrected chi connectivity index (χ4v) is 5.14.